The van der Waals surface area contributed by atoms with Crippen molar-refractivity contribution in [1.29, 1.82) is 0 Å². The first-order chi connectivity index (χ1) is 8.41. The van der Waals surface area contributed by atoms with Crippen molar-refractivity contribution in [2.24, 2.45) is 0 Å². The maximum Gasteiger partial charge on any atom is 0.272 e. The average Bonchev–Trinajstić information content (AvgIpc) is 2.29. The molecular weight excluding hydrogens is 232 g/mol. The first kappa shape index (κ1) is 14.6. The number of nitro benzene ring substituents is 1. The summed E-state index contributed by atoms with van der Waals surface area (Å²) in [6.07, 6.45) is 0.378. The van der Waals surface area contributed by atoms with Gasteiger partial charge in [0.05, 0.1) is 11.0 Å². The summed E-state index contributed by atoms with van der Waals surface area (Å²) >= 11 is 0. The lowest BCUT2D eigenvalue weighted by Gasteiger charge is -2.18. The molecule has 5 nitrogen and oxygen atoms in total. The van der Waals surface area contributed by atoms with E-state index in [2.05, 4.69) is 4.90 Å². The van der Waals surface area contributed by atoms with E-state index < -0.39 is 0 Å². The molecule has 0 saturated heterocycles. The molecule has 0 aliphatic heterocycles. The SMILES string of the molecule is Cc1c(CN(C)CC[C@H](C)O)cccc1[N+](=O)[O-]. The zero-order valence-corrected chi connectivity index (χ0v) is 11.1. The minimum absolute atomic E-state index is 0.163. The number of aliphatic hydroxyl groups is 1. The minimum Gasteiger partial charge on any atom is -0.393 e. The fourth-order valence-corrected chi connectivity index (χ4v) is 1.82. The summed E-state index contributed by atoms with van der Waals surface area (Å²) in [5.41, 5.74) is 1.83. The first-order valence-corrected chi connectivity index (χ1v) is 6.01. The van der Waals surface area contributed by atoms with E-state index in [9.17, 15) is 15.2 Å². The van der Waals surface area contributed by atoms with E-state index in [1.54, 1.807) is 19.9 Å². The monoisotopic (exact) mass is 252 g/mol. The van der Waals surface area contributed by atoms with Crippen LogP contribution in [0.25, 0.3) is 0 Å². The predicted octanol–water partition coefficient (Wildman–Crippen LogP) is 2.11. The molecule has 0 aliphatic rings. The molecule has 1 atom stereocenters. The van der Waals surface area contributed by atoms with Crippen molar-refractivity contribution in [2.75, 3.05) is 13.6 Å². The Balaban J connectivity index is 2.73. The van der Waals surface area contributed by atoms with E-state index in [0.29, 0.717) is 18.5 Å². The lowest BCUT2D eigenvalue weighted by atomic mass is 10.1. The van der Waals surface area contributed by atoms with Crippen LogP contribution in [0, 0.1) is 17.0 Å². The van der Waals surface area contributed by atoms with E-state index in [-0.39, 0.29) is 16.7 Å². The summed E-state index contributed by atoms with van der Waals surface area (Å²) in [5, 5.41) is 20.1. The van der Waals surface area contributed by atoms with Gasteiger partial charge >= 0.3 is 0 Å². The van der Waals surface area contributed by atoms with Gasteiger partial charge in [0.15, 0.2) is 0 Å². The molecule has 0 saturated carbocycles. The van der Waals surface area contributed by atoms with Crippen LogP contribution < -0.4 is 0 Å². The van der Waals surface area contributed by atoms with Gasteiger partial charge in [-0.05, 0) is 32.9 Å². The highest BCUT2D eigenvalue weighted by Crippen LogP contribution is 2.21. The van der Waals surface area contributed by atoms with Crippen molar-refractivity contribution in [1.82, 2.24) is 4.90 Å². The van der Waals surface area contributed by atoms with Gasteiger partial charge in [0.25, 0.3) is 5.69 Å². The highest BCUT2D eigenvalue weighted by molar-refractivity contribution is 5.44. The Morgan fingerprint density at radius 1 is 1.50 bits per heavy atom. The maximum atomic E-state index is 10.8. The van der Waals surface area contributed by atoms with Crippen LogP contribution in [0.5, 0.6) is 0 Å². The largest absolute Gasteiger partial charge is 0.393 e. The lowest BCUT2D eigenvalue weighted by Crippen LogP contribution is -2.22. The third kappa shape index (κ3) is 4.09. The van der Waals surface area contributed by atoms with Gasteiger partial charge < -0.3 is 10.0 Å². The Morgan fingerprint density at radius 3 is 2.72 bits per heavy atom. The molecule has 5 heteroatoms. The van der Waals surface area contributed by atoms with E-state index in [1.165, 1.54) is 6.07 Å². The predicted molar refractivity (Wildman–Crippen MR) is 70.5 cm³/mol. The molecule has 0 unspecified atom stereocenters. The van der Waals surface area contributed by atoms with Crippen LogP contribution in [0.15, 0.2) is 18.2 Å². The lowest BCUT2D eigenvalue weighted by molar-refractivity contribution is -0.385. The van der Waals surface area contributed by atoms with Gasteiger partial charge in [-0.15, -0.1) is 0 Å². The second kappa shape index (κ2) is 6.47. The van der Waals surface area contributed by atoms with Crippen molar-refractivity contribution >= 4 is 5.69 Å². The minimum atomic E-state index is -0.353. The third-order valence-electron chi connectivity index (χ3n) is 2.98. The first-order valence-electron chi connectivity index (χ1n) is 6.01. The standard InChI is InChI=1S/C13H20N2O3/c1-10(16)7-8-14(3)9-12-5-4-6-13(11(12)2)15(17)18/h4-6,10,16H,7-9H2,1-3H3/t10-/m0/s1. The molecule has 1 N–H and O–H groups in total. The number of aliphatic hydroxyl groups excluding tert-OH is 1. The zero-order chi connectivity index (χ0) is 13.7. The number of benzene rings is 1. The molecule has 0 radical (unpaired) electrons. The summed E-state index contributed by atoms with van der Waals surface area (Å²) in [6.45, 7) is 4.95. The molecule has 0 aromatic heterocycles. The Kier molecular flexibility index (Phi) is 5.25. The average molecular weight is 252 g/mol. The van der Waals surface area contributed by atoms with Crippen molar-refractivity contribution in [3.8, 4) is 0 Å². The van der Waals surface area contributed by atoms with Crippen LogP contribution in [0.3, 0.4) is 0 Å². The van der Waals surface area contributed by atoms with E-state index in [4.69, 9.17) is 0 Å². The Labute approximate surface area is 107 Å². The van der Waals surface area contributed by atoms with Gasteiger partial charge in [0.1, 0.15) is 0 Å². The summed E-state index contributed by atoms with van der Waals surface area (Å²) in [4.78, 5) is 12.5. The van der Waals surface area contributed by atoms with Crippen molar-refractivity contribution in [3.63, 3.8) is 0 Å². The molecular formula is C13H20N2O3. The molecule has 100 valence electrons. The summed E-state index contributed by atoms with van der Waals surface area (Å²) in [5.74, 6) is 0. The Hall–Kier alpha value is -1.46. The Morgan fingerprint density at radius 2 is 2.17 bits per heavy atom. The third-order valence-corrected chi connectivity index (χ3v) is 2.98. The highest BCUT2D eigenvalue weighted by atomic mass is 16.6. The van der Waals surface area contributed by atoms with Crippen LogP contribution in [0.2, 0.25) is 0 Å². The van der Waals surface area contributed by atoms with Crippen molar-refractivity contribution in [2.45, 2.75) is 32.9 Å². The number of hydrogen-bond donors (Lipinski definition) is 1. The fraction of sp³-hybridized carbons (Fsp3) is 0.538. The number of rotatable bonds is 6. The Bertz CT molecular complexity index is 419. The van der Waals surface area contributed by atoms with Crippen LogP contribution in [0.4, 0.5) is 5.69 Å². The second-order valence-corrected chi connectivity index (χ2v) is 4.69. The van der Waals surface area contributed by atoms with Crippen molar-refractivity contribution in [3.05, 3.63) is 39.4 Å². The van der Waals surface area contributed by atoms with Gasteiger partial charge in [-0.2, -0.15) is 0 Å². The summed E-state index contributed by atoms with van der Waals surface area (Å²) < 4.78 is 0. The van der Waals surface area contributed by atoms with E-state index >= 15 is 0 Å². The van der Waals surface area contributed by atoms with Crippen LogP contribution >= 0.6 is 0 Å². The molecule has 0 heterocycles. The van der Waals surface area contributed by atoms with Crippen LogP contribution in [0.1, 0.15) is 24.5 Å². The van der Waals surface area contributed by atoms with E-state index in [1.807, 2.05) is 13.1 Å². The molecule has 0 fully saturated rings. The molecule has 0 amide bonds. The second-order valence-electron chi connectivity index (χ2n) is 4.69. The quantitative estimate of drug-likeness (QED) is 0.622. The summed E-state index contributed by atoms with van der Waals surface area (Å²) in [6, 6.07) is 5.14. The molecule has 1 rings (SSSR count). The fourth-order valence-electron chi connectivity index (χ4n) is 1.82. The maximum absolute atomic E-state index is 10.8. The summed E-state index contributed by atoms with van der Waals surface area (Å²) in [7, 11) is 1.95. The molecule has 1 aromatic rings. The van der Waals surface area contributed by atoms with Crippen LogP contribution in [-0.2, 0) is 6.54 Å². The van der Waals surface area contributed by atoms with Gasteiger partial charge in [-0.1, -0.05) is 12.1 Å². The topological polar surface area (TPSA) is 66.6 Å². The number of nitro groups is 1. The van der Waals surface area contributed by atoms with Gasteiger partial charge in [-0.3, -0.25) is 10.1 Å². The van der Waals surface area contributed by atoms with Crippen molar-refractivity contribution < 1.29 is 10.0 Å². The number of nitrogens with zero attached hydrogens (tertiary/aromatic N) is 2. The van der Waals surface area contributed by atoms with E-state index in [0.717, 1.165) is 12.1 Å². The highest BCUT2D eigenvalue weighted by Gasteiger charge is 2.14. The smallest absolute Gasteiger partial charge is 0.272 e. The number of hydrogen-bond acceptors (Lipinski definition) is 4. The molecule has 0 aliphatic carbocycles. The van der Waals surface area contributed by atoms with Crippen LogP contribution in [-0.4, -0.2) is 34.6 Å². The molecule has 0 bridgehead atoms. The normalized spacial score (nSPS) is 12.7. The van der Waals surface area contributed by atoms with Gasteiger partial charge in [-0.25, -0.2) is 0 Å². The van der Waals surface area contributed by atoms with Gasteiger partial charge in [0, 0.05) is 24.7 Å². The molecule has 1 aromatic carbocycles. The molecule has 0 spiro atoms. The molecule has 18 heavy (non-hydrogen) atoms. The zero-order valence-electron chi connectivity index (χ0n) is 11.1. The van der Waals surface area contributed by atoms with Gasteiger partial charge in [0.2, 0.25) is 0 Å².